The highest BCUT2D eigenvalue weighted by molar-refractivity contribution is 5.76. The van der Waals surface area contributed by atoms with Crippen LogP contribution in [0.4, 0.5) is 8.78 Å². The number of hydrogen-bond acceptors (Lipinski definition) is 2. The van der Waals surface area contributed by atoms with E-state index in [0.717, 1.165) is 24.2 Å². The van der Waals surface area contributed by atoms with E-state index in [1.165, 1.54) is 24.3 Å². The zero-order valence-corrected chi connectivity index (χ0v) is 15.9. The number of piperazine rings is 1. The molecule has 0 bridgehead atoms. The maximum Gasteiger partial charge on any atom is 0.222 e. The Morgan fingerprint density at radius 1 is 0.852 bits per heavy atom. The Bertz CT molecular complexity index is 705. The third-order valence-electron chi connectivity index (χ3n) is 4.99. The highest BCUT2D eigenvalue weighted by atomic mass is 19.1. The summed E-state index contributed by atoms with van der Waals surface area (Å²) in [6, 6.07) is 12.8. The lowest BCUT2D eigenvalue weighted by atomic mass is 9.96. The number of carbonyl (C=O) groups is 1. The Morgan fingerprint density at radius 3 is 1.70 bits per heavy atom. The fourth-order valence-corrected chi connectivity index (χ4v) is 3.61. The fraction of sp³-hybridized carbons (Fsp3) is 0.409. The van der Waals surface area contributed by atoms with Crippen molar-refractivity contribution in [3.8, 4) is 0 Å². The molecule has 1 heterocycles. The summed E-state index contributed by atoms with van der Waals surface area (Å²) in [4.78, 5) is 16.5. The van der Waals surface area contributed by atoms with Gasteiger partial charge in [0.2, 0.25) is 5.91 Å². The molecule has 2 aromatic rings. The van der Waals surface area contributed by atoms with Crippen LogP contribution in [0.5, 0.6) is 0 Å². The van der Waals surface area contributed by atoms with E-state index in [-0.39, 0.29) is 23.6 Å². The normalized spacial score (nSPS) is 15.6. The Kier molecular flexibility index (Phi) is 6.22. The summed E-state index contributed by atoms with van der Waals surface area (Å²) in [6.07, 6.45) is 0.569. The average Bonchev–Trinajstić information content (AvgIpc) is 2.65. The van der Waals surface area contributed by atoms with E-state index in [9.17, 15) is 13.6 Å². The molecule has 27 heavy (non-hydrogen) atoms. The highest BCUT2D eigenvalue weighted by Gasteiger charge is 2.28. The molecule has 1 amide bonds. The van der Waals surface area contributed by atoms with Crippen LogP contribution in [0.15, 0.2) is 48.5 Å². The monoisotopic (exact) mass is 372 g/mol. The van der Waals surface area contributed by atoms with Gasteiger partial charge in [-0.1, -0.05) is 38.1 Å². The molecule has 0 unspecified atom stereocenters. The largest absolute Gasteiger partial charge is 0.340 e. The number of nitrogens with zero attached hydrogens (tertiary/aromatic N) is 2. The molecule has 0 saturated carbocycles. The fourth-order valence-electron chi connectivity index (χ4n) is 3.61. The van der Waals surface area contributed by atoms with Crippen LogP contribution in [-0.2, 0) is 4.79 Å². The molecule has 1 fully saturated rings. The van der Waals surface area contributed by atoms with Crippen molar-refractivity contribution in [2.75, 3.05) is 26.2 Å². The zero-order valence-electron chi connectivity index (χ0n) is 15.9. The standard InChI is InChI=1S/C22H26F2N2O/c1-16(2)15-21(27)25-11-13-26(14-12-25)22(17-3-7-19(23)8-4-17)18-5-9-20(24)10-6-18/h3-10,16,22H,11-15H2,1-2H3. The topological polar surface area (TPSA) is 23.6 Å². The van der Waals surface area contributed by atoms with Crippen LogP contribution in [0, 0.1) is 17.6 Å². The Hall–Kier alpha value is -2.27. The van der Waals surface area contributed by atoms with Crippen LogP contribution in [-0.4, -0.2) is 41.9 Å². The first kappa shape index (κ1) is 19.5. The lowest BCUT2D eigenvalue weighted by Gasteiger charge is -2.40. The molecule has 1 aliphatic rings. The second kappa shape index (κ2) is 8.61. The number of rotatable bonds is 5. The second-order valence-electron chi connectivity index (χ2n) is 7.52. The van der Waals surface area contributed by atoms with Crippen LogP contribution >= 0.6 is 0 Å². The second-order valence-corrected chi connectivity index (χ2v) is 7.52. The van der Waals surface area contributed by atoms with E-state index < -0.39 is 0 Å². The smallest absolute Gasteiger partial charge is 0.222 e. The van der Waals surface area contributed by atoms with Gasteiger partial charge in [0, 0.05) is 32.6 Å². The first-order chi connectivity index (χ1) is 12.9. The van der Waals surface area contributed by atoms with Crippen molar-refractivity contribution in [3.63, 3.8) is 0 Å². The van der Waals surface area contributed by atoms with E-state index >= 15 is 0 Å². The van der Waals surface area contributed by atoms with Gasteiger partial charge in [-0.15, -0.1) is 0 Å². The van der Waals surface area contributed by atoms with E-state index in [2.05, 4.69) is 4.90 Å². The number of carbonyl (C=O) groups excluding carboxylic acids is 1. The number of amides is 1. The van der Waals surface area contributed by atoms with Gasteiger partial charge in [-0.2, -0.15) is 0 Å². The molecule has 144 valence electrons. The van der Waals surface area contributed by atoms with Crippen molar-refractivity contribution >= 4 is 5.91 Å². The molecule has 0 radical (unpaired) electrons. The zero-order chi connectivity index (χ0) is 19.4. The highest BCUT2D eigenvalue weighted by Crippen LogP contribution is 2.30. The van der Waals surface area contributed by atoms with E-state index in [4.69, 9.17) is 0 Å². The lowest BCUT2D eigenvalue weighted by molar-refractivity contribution is -0.133. The summed E-state index contributed by atoms with van der Waals surface area (Å²) in [5, 5.41) is 0. The van der Waals surface area contributed by atoms with Gasteiger partial charge < -0.3 is 4.90 Å². The van der Waals surface area contributed by atoms with E-state index in [0.29, 0.717) is 25.4 Å². The number of hydrogen-bond donors (Lipinski definition) is 0. The maximum absolute atomic E-state index is 13.4. The van der Waals surface area contributed by atoms with Gasteiger partial charge in [-0.05, 0) is 41.3 Å². The van der Waals surface area contributed by atoms with Crippen molar-refractivity contribution < 1.29 is 13.6 Å². The molecule has 2 aromatic carbocycles. The third-order valence-corrected chi connectivity index (χ3v) is 4.99. The van der Waals surface area contributed by atoms with Gasteiger partial charge in [0.25, 0.3) is 0 Å². The molecule has 3 nitrogen and oxygen atoms in total. The van der Waals surface area contributed by atoms with Crippen molar-refractivity contribution in [2.24, 2.45) is 5.92 Å². The van der Waals surface area contributed by atoms with Gasteiger partial charge in [-0.25, -0.2) is 8.78 Å². The molecule has 5 heteroatoms. The van der Waals surface area contributed by atoms with Crippen molar-refractivity contribution in [3.05, 3.63) is 71.3 Å². The molecular formula is C22H26F2N2O. The Labute approximate surface area is 159 Å². The van der Waals surface area contributed by atoms with E-state index in [1.807, 2.05) is 18.7 Å². The number of benzene rings is 2. The summed E-state index contributed by atoms with van der Waals surface area (Å²) < 4.78 is 26.8. The van der Waals surface area contributed by atoms with E-state index in [1.54, 1.807) is 24.3 Å². The summed E-state index contributed by atoms with van der Waals surface area (Å²) in [6.45, 7) is 6.89. The van der Waals surface area contributed by atoms with Crippen LogP contribution in [0.3, 0.4) is 0 Å². The average molecular weight is 372 g/mol. The summed E-state index contributed by atoms with van der Waals surface area (Å²) in [7, 11) is 0. The van der Waals surface area contributed by atoms with Gasteiger partial charge in [-0.3, -0.25) is 9.69 Å². The van der Waals surface area contributed by atoms with Crippen LogP contribution in [0.25, 0.3) is 0 Å². The van der Waals surface area contributed by atoms with Crippen LogP contribution in [0.2, 0.25) is 0 Å². The summed E-state index contributed by atoms with van der Waals surface area (Å²) >= 11 is 0. The SMILES string of the molecule is CC(C)CC(=O)N1CCN(C(c2ccc(F)cc2)c2ccc(F)cc2)CC1. The van der Waals surface area contributed by atoms with Crippen LogP contribution < -0.4 is 0 Å². The first-order valence-electron chi connectivity index (χ1n) is 9.47. The van der Waals surface area contributed by atoms with Gasteiger partial charge in [0.15, 0.2) is 0 Å². The summed E-state index contributed by atoms with van der Waals surface area (Å²) in [5.41, 5.74) is 1.93. The number of halogens is 2. The first-order valence-corrected chi connectivity index (χ1v) is 9.47. The minimum absolute atomic E-state index is 0.0893. The Morgan fingerprint density at radius 2 is 1.30 bits per heavy atom. The maximum atomic E-state index is 13.4. The minimum atomic E-state index is -0.277. The molecular weight excluding hydrogens is 346 g/mol. The molecule has 0 aliphatic carbocycles. The van der Waals surface area contributed by atoms with Crippen molar-refractivity contribution in [1.29, 1.82) is 0 Å². The molecule has 1 saturated heterocycles. The molecule has 0 spiro atoms. The summed E-state index contributed by atoms with van der Waals surface area (Å²) in [5.74, 6) is -0.00659. The quantitative estimate of drug-likeness (QED) is 0.784. The van der Waals surface area contributed by atoms with Crippen molar-refractivity contribution in [2.45, 2.75) is 26.3 Å². The van der Waals surface area contributed by atoms with Crippen molar-refractivity contribution in [1.82, 2.24) is 9.80 Å². The lowest BCUT2D eigenvalue weighted by Crippen LogP contribution is -2.50. The predicted octanol–water partition coefficient (Wildman–Crippen LogP) is 4.24. The van der Waals surface area contributed by atoms with Crippen LogP contribution in [0.1, 0.15) is 37.4 Å². The van der Waals surface area contributed by atoms with Gasteiger partial charge in [0.1, 0.15) is 11.6 Å². The molecule has 0 atom stereocenters. The molecule has 1 aliphatic heterocycles. The third kappa shape index (κ3) is 4.92. The van der Waals surface area contributed by atoms with Gasteiger partial charge >= 0.3 is 0 Å². The Balaban J connectivity index is 1.79. The predicted molar refractivity (Wildman–Crippen MR) is 102 cm³/mol. The molecule has 3 rings (SSSR count). The molecule has 0 aromatic heterocycles. The molecule has 0 N–H and O–H groups in total. The van der Waals surface area contributed by atoms with Gasteiger partial charge in [0.05, 0.1) is 6.04 Å². The minimum Gasteiger partial charge on any atom is -0.340 e.